The first-order valence-electron chi connectivity index (χ1n) is 13.1. The highest BCUT2D eigenvalue weighted by Crippen LogP contribution is 2.33. The van der Waals surface area contributed by atoms with Crippen molar-refractivity contribution < 1.29 is 23.5 Å². The summed E-state index contributed by atoms with van der Waals surface area (Å²) in [4.78, 5) is 29.3. The maximum atomic E-state index is 14.0. The van der Waals surface area contributed by atoms with Gasteiger partial charge in [0.1, 0.15) is 23.9 Å². The number of halogens is 1. The Morgan fingerprint density at radius 1 is 1.00 bits per heavy atom. The Kier molecular flexibility index (Phi) is 9.31. The van der Waals surface area contributed by atoms with Crippen LogP contribution >= 0.6 is 0 Å². The average molecular weight is 548 g/mol. The summed E-state index contributed by atoms with van der Waals surface area (Å²) in [6.07, 6.45) is 0.779. The molecule has 1 aromatic heterocycles. The molecule has 0 fully saturated rings. The average Bonchev–Trinajstić information content (AvgIpc) is 3.36. The van der Waals surface area contributed by atoms with Gasteiger partial charge < -0.3 is 19.7 Å². The number of carbonyl (C=O) groups excluding carboxylic acids is 2. The Labute approximate surface area is 232 Å². The van der Waals surface area contributed by atoms with Gasteiger partial charge in [0.2, 0.25) is 11.8 Å². The number of ether oxygens (including phenoxy) is 2. The third-order valence-electron chi connectivity index (χ3n) is 6.60. The topological polar surface area (TPSA) is 98.6 Å². The molecule has 0 unspecified atom stereocenters. The van der Waals surface area contributed by atoms with Gasteiger partial charge in [-0.2, -0.15) is 0 Å². The summed E-state index contributed by atoms with van der Waals surface area (Å²) in [5.74, 6) is 0.216. The van der Waals surface area contributed by atoms with E-state index >= 15 is 0 Å². The smallest absolute Gasteiger partial charge is 0.247 e. The molecule has 0 bridgehead atoms. The first-order chi connectivity index (χ1) is 19.3. The van der Waals surface area contributed by atoms with Crippen LogP contribution in [-0.2, 0) is 22.7 Å². The standard InChI is InChI=1S/C30H34FN5O4/c1-20(2)15-16-32-30(38)29(22-11-14-26(39-3)27(17-22)40-4)35(18-21-9-12-23(31)13-10-21)28(37)19-36-25-8-6-5-7-24(25)33-34-36/h5-14,17,20,29H,15-16,18-19H2,1-4H3,(H,32,38)/t29-/m1/s1. The predicted octanol–water partition coefficient (Wildman–Crippen LogP) is 4.52. The van der Waals surface area contributed by atoms with E-state index in [9.17, 15) is 14.0 Å². The summed E-state index contributed by atoms with van der Waals surface area (Å²) in [5.41, 5.74) is 2.56. The van der Waals surface area contributed by atoms with Crippen LogP contribution in [0.25, 0.3) is 11.0 Å². The largest absolute Gasteiger partial charge is 0.493 e. The molecule has 0 saturated heterocycles. The van der Waals surface area contributed by atoms with E-state index in [1.807, 2.05) is 24.3 Å². The van der Waals surface area contributed by atoms with Gasteiger partial charge in [-0.05, 0) is 59.9 Å². The molecule has 9 nitrogen and oxygen atoms in total. The first kappa shape index (κ1) is 28.5. The van der Waals surface area contributed by atoms with E-state index in [2.05, 4.69) is 29.5 Å². The van der Waals surface area contributed by atoms with Gasteiger partial charge >= 0.3 is 0 Å². The van der Waals surface area contributed by atoms with E-state index in [-0.39, 0.29) is 24.9 Å². The van der Waals surface area contributed by atoms with Crippen LogP contribution in [0.4, 0.5) is 4.39 Å². The molecule has 1 heterocycles. The van der Waals surface area contributed by atoms with Gasteiger partial charge in [0.25, 0.3) is 0 Å². The highest BCUT2D eigenvalue weighted by molar-refractivity contribution is 5.89. The Bertz CT molecular complexity index is 1450. The van der Waals surface area contributed by atoms with Crippen molar-refractivity contribution in [3.63, 3.8) is 0 Å². The lowest BCUT2D eigenvalue weighted by molar-refractivity contribution is -0.142. The van der Waals surface area contributed by atoms with Crippen molar-refractivity contribution in [3.8, 4) is 11.5 Å². The van der Waals surface area contributed by atoms with Gasteiger partial charge in [-0.1, -0.05) is 49.4 Å². The van der Waals surface area contributed by atoms with Gasteiger partial charge in [-0.25, -0.2) is 9.07 Å². The van der Waals surface area contributed by atoms with Gasteiger partial charge in [0.05, 0.1) is 19.7 Å². The van der Waals surface area contributed by atoms with Crippen molar-refractivity contribution >= 4 is 22.8 Å². The molecule has 0 radical (unpaired) electrons. The normalized spacial score (nSPS) is 11.8. The fourth-order valence-corrected chi connectivity index (χ4v) is 4.44. The summed E-state index contributed by atoms with van der Waals surface area (Å²) < 4.78 is 26.1. The summed E-state index contributed by atoms with van der Waals surface area (Å²) >= 11 is 0. The lowest BCUT2D eigenvalue weighted by atomic mass is 10.0. The van der Waals surface area contributed by atoms with Crippen LogP contribution in [-0.4, -0.2) is 52.5 Å². The van der Waals surface area contributed by atoms with Crippen LogP contribution in [0.1, 0.15) is 37.4 Å². The predicted molar refractivity (Wildman–Crippen MR) is 149 cm³/mol. The van der Waals surface area contributed by atoms with E-state index in [4.69, 9.17) is 9.47 Å². The number of aromatic nitrogens is 3. The molecule has 0 aliphatic heterocycles. The first-order valence-corrected chi connectivity index (χ1v) is 13.1. The van der Waals surface area contributed by atoms with Crippen molar-refractivity contribution in [1.82, 2.24) is 25.2 Å². The minimum Gasteiger partial charge on any atom is -0.493 e. The van der Waals surface area contributed by atoms with Crippen molar-refractivity contribution in [1.29, 1.82) is 0 Å². The number of hydrogen-bond donors (Lipinski definition) is 1. The van der Waals surface area contributed by atoms with Crippen molar-refractivity contribution in [2.45, 2.75) is 39.4 Å². The molecule has 2 amide bonds. The second kappa shape index (κ2) is 13.1. The molecule has 0 aliphatic carbocycles. The second-order valence-corrected chi connectivity index (χ2v) is 9.87. The summed E-state index contributed by atoms with van der Waals surface area (Å²) in [5, 5.41) is 11.3. The Balaban J connectivity index is 1.76. The zero-order chi connectivity index (χ0) is 28.6. The van der Waals surface area contributed by atoms with E-state index in [1.165, 1.54) is 35.9 Å². The SMILES string of the molecule is COc1ccc([C@H](C(=O)NCCC(C)C)N(Cc2ccc(F)cc2)C(=O)Cn2nnc3ccccc32)cc1OC. The zero-order valence-electron chi connectivity index (χ0n) is 23.1. The fraction of sp³-hybridized carbons (Fsp3) is 0.333. The number of fused-ring (bicyclic) bond motifs is 1. The van der Waals surface area contributed by atoms with Gasteiger partial charge in [-0.3, -0.25) is 9.59 Å². The summed E-state index contributed by atoms with van der Waals surface area (Å²) in [6.45, 7) is 4.51. The van der Waals surface area contributed by atoms with Gasteiger partial charge in [0, 0.05) is 13.1 Å². The quantitative estimate of drug-likeness (QED) is 0.280. The van der Waals surface area contributed by atoms with E-state index < -0.39 is 11.9 Å². The highest BCUT2D eigenvalue weighted by atomic mass is 19.1. The van der Waals surface area contributed by atoms with Crippen LogP contribution in [0.3, 0.4) is 0 Å². The number of hydrogen-bond acceptors (Lipinski definition) is 6. The zero-order valence-corrected chi connectivity index (χ0v) is 23.1. The molecule has 1 N–H and O–H groups in total. The molecule has 40 heavy (non-hydrogen) atoms. The third kappa shape index (κ3) is 6.74. The lowest BCUT2D eigenvalue weighted by Crippen LogP contribution is -2.45. The van der Waals surface area contributed by atoms with E-state index in [0.29, 0.717) is 46.1 Å². The number of methoxy groups -OCH3 is 2. The monoisotopic (exact) mass is 547 g/mol. The molecule has 3 aromatic carbocycles. The van der Waals surface area contributed by atoms with Gasteiger partial charge in [-0.15, -0.1) is 5.10 Å². The minimum atomic E-state index is -1.01. The van der Waals surface area contributed by atoms with E-state index in [0.717, 1.165) is 6.42 Å². The Morgan fingerprint density at radius 3 is 2.42 bits per heavy atom. The molecule has 0 saturated carbocycles. The maximum absolute atomic E-state index is 14.0. The summed E-state index contributed by atoms with van der Waals surface area (Å²) in [6, 6.07) is 17.3. The van der Waals surface area contributed by atoms with Gasteiger partial charge in [0.15, 0.2) is 11.5 Å². The molecule has 1 atom stereocenters. The number of amides is 2. The molecular weight excluding hydrogens is 513 g/mol. The van der Waals surface area contributed by atoms with Crippen LogP contribution in [0.5, 0.6) is 11.5 Å². The summed E-state index contributed by atoms with van der Waals surface area (Å²) in [7, 11) is 3.04. The fourth-order valence-electron chi connectivity index (χ4n) is 4.44. The Morgan fingerprint density at radius 2 is 1.73 bits per heavy atom. The lowest BCUT2D eigenvalue weighted by Gasteiger charge is -2.32. The number of rotatable bonds is 12. The molecule has 4 rings (SSSR count). The molecule has 4 aromatic rings. The molecule has 0 spiro atoms. The highest BCUT2D eigenvalue weighted by Gasteiger charge is 2.33. The second-order valence-electron chi connectivity index (χ2n) is 9.87. The number of para-hydroxylation sites is 1. The van der Waals surface area contributed by atoms with Crippen LogP contribution in [0, 0.1) is 11.7 Å². The number of benzene rings is 3. The van der Waals surface area contributed by atoms with Crippen LogP contribution in [0.2, 0.25) is 0 Å². The Hall–Kier alpha value is -4.47. The minimum absolute atomic E-state index is 0.0579. The number of nitrogens with one attached hydrogen (secondary N) is 1. The van der Waals surface area contributed by atoms with E-state index in [1.54, 1.807) is 30.3 Å². The van der Waals surface area contributed by atoms with Crippen molar-refractivity contribution in [2.24, 2.45) is 5.92 Å². The number of carbonyl (C=O) groups is 2. The van der Waals surface area contributed by atoms with Crippen LogP contribution < -0.4 is 14.8 Å². The third-order valence-corrected chi connectivity index (χ3v) is 6.60. The molecule has 0 aliphatic rings. The molecule has 10 heteroatoms. The van der Waals surface area contributed by atoms with Crippen molar-refractivity contribution in [3.05, 3.63) is 83.7 Å². The number of nitrogens with zero attached hydrogens (tertiary/aromatic N) is 4. The molecule has 210 valence electrons. The molecular formula is C30H34FN5O4. The van der Waals surface area contributed by atoms with Crippen molar-refractivity contribution in [2.75, 3.05) is 20.8 Å². The maximum Gasteiger partial charge on any atom is 0.247 e. The van der Waals surface area contributed by atoms with Crippen LogP contribution in [0.15, 0.2) is 66.7 Å².